The average molecular weight is 481 g/mol. The van der Waals surface area contributed by atoms with Crippen LogP contribution in [-0.4, -0.2) is 46.5 Å². The number of fused-ring (bicyclic) bond motifs is 3. The van der Waals surface area contributed by atoms with Gasteiger partial charge >= 0.3 is 0 Å². The third kappa shape index (κ3) is 4.16. The molecule has 3 aliphatic heterocycles. The number of amides is 1. The summed E-state index contributed by atoms with van der Waals surface area (Å²) in [6.07, 6.45) is 3.76. The summed E-state index contributed by atoms with van der Waals surface area (Å²) in [7, 11) is 0. The second-order valence-corrected chi connectivity index (χ2v) is 9.29. The number of aryl methyl sites for hydroxylation is 1. The second kappa shape index (κ2) is 8.55. The van der Waals surface area contributed by atoms with Crippen molar-refractivity contribution in [1.82, 2.24) is 20.2 Å². The summed E-state index contributed by atoms with van der Waals surface area (Å²) < 4.78 is 6.24. The molecule has 4 atom stereocenters. The van der Waals surface area contributed by atoms with Crippen molar-refractivity contribution in [2.75, 3.05) is 19.6 Å². The van der Waals surface area contributed by atoms with Crippen LogP contribution >= 0.6 is 15.9 Å². The number of hydrogen-bond donors (Lipinski definition) is 1. The number of hydrogen-bond acceptors (Lipinski definition) is 5. The van der Waals surface area contributed by atoms with Crippen LogP contribution in [0, 0.1) is 12.8 Å². The number of nitrogens with one attached hydrogen (secondary N) is 1. The highest BCUT2D eigenvalue weighted by Crippen LogP contribution is 2.42. The Bertz CT molecular complexity index is 1080. The molecule has 1 unspecified atom stereocenters. The highest BCUT2D eigenvalue weighted by Gasteiger charge is 2.41. The molecule has 1 amide bonds. The van der Waals surface area contributed by atoms with E-state index in [0.717, 1.165) is 46.8 Å². The van der Waals surface area contributed by atoms with Gasteiger partial charge in [0.1, 0.15) is 5.82 Å². The van der Waals surface area contributed by atoms with E-state index in [0.29, 0.717) is 30.2 Å². The van der Waals surface area contributed by atoms with Crippen LogP contribution in [-0.2, 0) is 0 Å². The molecule has 0 radical (unpaired) electrons. The van der Waals surface area contributed by atoms with Gasteiger partial charge in [-0.25, -0.2) is 9.97 Å². The molecule has 0 saturated carbocycles. The molecule has 1 aromatic carbocycles. The first kappa shape index (κ1) is 20.4. The molecule has 3 aliphatic rings. The lowest BCUT2D eigenvalue weighted by atomic mass is 9.74. The maximum Gasteiger partial charge on any atom is 0.287 e. The van der Waals surface area contributed by atoms with Gasteiger partial charge in [-0.15, -0.1) is 0 Å². The number of nitrogens with zero attached hydrogens (tertiary/aromatic N) is 3. The van der Waals surface area contributed by atoms with Gasteiger partial charge < -0.3 is 9.73 Å². The van der Waals surface area contributed by atoms with Crippen LogP contribution in [0.25, 0.3) is 11.3 Å². The summed E-state index contributed by atoms with van der Waals surface area (Å²) in [6, 6.07) is 14.1. The fourth-order valence-corrected chi connectivity index (χ4v) is 5.47. The van der Waals surface area contributed by atoms with E-state index in [-0.39, 0.29) is 5.91 Å². The van der Waals surface area contributed by atoms with Crippen LogP contribution in [0.2, 0.25) is 0 Å². The molecule has 160 valence electrons. The number of furan rings is 1. The second-order valence-electron chi connectivity index (χ2n) is 8.43. The summed E-state index contributed by atoms with van der Waals surface area (Å²) in [5.41, 5.74) is 3.19. The first-order chi connectivity index (χ1) is 15.1. The fourth-order valence-electron chi connectivity index (χ4n) is 4.98. The summed E-state index contributed by atoms with van der Waals surface area (Å²) in [5, 5.41) is 3.04. The minimum atomic E-state index is -0.145. The van der Waals surface area contributed by atoms with E-state index >= 15 is 0 Å². The van der Waals surface area contributed by atoms with Gasteiger partial charge in [-0.3, -0.25) is 9.69 Å². The molecule has 7 heteroatoms. The molecule has 6 nitrogen and oxygen atoms in total. The molecule has 2 bridgehead atoms. The zero-order valence-corrected chi connectivity index (χ0v) is 19.0. The van der Waals surface area contributed by atoms with E-state index in [4.69, 9.17) is 14.4 Å². The van der Waals surface area contributed by atoms with Crippen molar-refractivity contribution in [3.05, 3.63) is 70.5 Å². The number of piperidine rings is 3. The third-order valence-electron chi connectivity index (χ3n) is 6.51. The molecule has 3 saturated heterocycles. The Morgan fingerprint density at radius 1 is 1.26 bits per heavy atom. The number of carbonyl (C=O) groups is 1. The number of aromatic nitrogens is 2. The topological polar surface area (TPSA) is 71.3 Å². The number of benzene rings is 1. The fraction of sp³-hybridized carbons (Fsp3) is 0.375. The third-order valence-corrected chi connectivity index (χ3v) is 7.20. The Labute approximate surface area is 190 Å². The molecule has 5 heterocycles. The first-order valence-corrected chi connectivity index (χ1v) is 11.5. The van der Waals surface area contributed by atoms with Gasteiger partial charge in [0.25, 0.3) is 5.91 Å². The summed E-state index contributed by atoms with van der Waals surface area (Å²) in [4.78, 5) is 24.3. The standard InChI is InChI=1S/C24H25BrN4O2/c1-15-27-21(18-5-2-3-6-20(18)25)12-22(28-15)19-14-29-9-8-16(19)11-17(29)13-26-24(30)23-7-4-10-31-23/h2-7,10,12,16-17,19H,8-9,11,13-14H2,1H3,(H,26,30)/t16-,17+,19+/m0/s1. The quantitative estimate of drug-likeness (QED) is 0.585. The highest BCUT2D eigenvalue weighted by molar-refractivity contribution is 9.10. The van der Waals surface area contributed by atoms with Crippen molar-refractivity contribution in [3.8, 4) is 11.3 Å². The Morgan fingerprint density at radius 2 is 2.13 bits per heavy atom. The van der Waals surface area contributed by atoms with Crippen LogP contribution in [0.1, 0.15) is 40.8 Å². The highest BCUT2D eigenvalue weighted by atomic mass is 79.9. The van der Waals surface area contributed by atoms with Gasteiger partial charge in [-0.1, -0.05) is 34.1 Å². The van der Waals surface area contributed by atoms with Crippen LogP contribution in [0.3, 0.4) is 0 Å². The SMILES string of the molecule is Cc1nc(-c2ccccc2Br)cc([C@@H]2CN3CC[C@H]2C[C@@H]3CNC(=O)c2ccco2)n1. The van der Waals surface area contributed by atoms with Crippen molar-refractivity contribution < 1.29 is 9.21 Å². The molecule has 3 aromatic rings. The van der Waals surface area contributed by atoms with E-state index in [2.05, 4.69) is 38.3 Å². The minimum Gasteiger partial charge on any atom is -0.459 e. The van der Waals surface area contributed by atoms with Crippen molar-refractivity contribution in [1.29, 1.82) is 0 Å². The lowest BCUT2D eigenvalue weighted by molar-refractivity contribution is 0.0288. The molecule has 6 rings (SSSR count). The normalized spacial score (nSPS) is 24.8. The molecule has 3 fully saturated rings. The van der Waals surface area contributed by atoms with Crippen molar-refractivity contribution in [2.24, 2.45) is 5.92 Å². The van der Waals surface area contributed by atoms with Crippen LogP contribution in [0.4, 0.5) is 0 Å². The largest absolute Gasteiger partial charge is 0.459 e. The number of halogens is 1. The summed E-state index contributed by atoms with van der Waals surface area (Å²) in [5.74, 6) is 1.99. The predicted molar refractivity (Wildman–Crippen MR) is 122 cm³/mol. The Kier molecular flexibility index (Phi) is 5.63. The predicted octanol–water partition coefficient (Wildman–Crippen LogP) is 4.42. The lowest BCUT2D eigenvalue weighted by Gasteiger charge is -2.49. The molecule has 1 N–H and O–H groups in total. The van der Waals surface area contributed by atoms with E-state index in [1.165, 1.54) is 12.7 Å². The Balaban J connectivity index is 1.31. The monoisotopic (exact) mass is 480 g/mol. The molecule has 0 spiro atoms. The van der Waals surface area contributed by atoms with Crippen LogP contribution < -0.4 is 5.32 Å². The number of carbonyl (C=O) groups excluding carboxylic acids is 1. The van der Waals surface area contributed by atoms with E-state index in [1.54, 1.807) is 12.1 Å². The van der Waals surface area contributed by atoms with Gasteiger partial charge in [0.05, 0.1) is 12.0 Å². The van der Waals surface area contributed by atoms with E-state index in [1.807, 2.05) is 25.1 Å². The minimum absolute atomic E-state index is 0.145. The smallest absolute Gasteiger partial charge is 0.287 e. The zero-order chi connectivity index (χ0) is 21.4. The van der Waals surface area contributed by atoms with Crippen LogP contribution in [0.15, 0.2) is 57.6 Å². The van der Waals surface area contributed by atoms with Gasteiger partial charge in [0, 0.05) is 40.8 Å². The molecule has 0 aliphatic carbocycles. The molecular formula is C24H25BrN4O2. The lowest BCUT2D eigenvalue weighted by Crippen LogP contribution is -2.56. The summed E-state index contributed by atoms with van der Waals surface area (Å²) in [6.45, 7) is 4.66. The molecule has 31 heavy (non-hydrogen) atoms. The van der Waals surface area contributed by atoms with Gasteiger partial charge in [0.15, 0.2) is 5.76 Å². The average Bonchev–Trinajstić information content (AvgIpc) is 3.33. The Hall–Kier alpha value is -2.51. The molecular weight excluding hydrogens is 456 g/mol. The Morgan fingerprint density at radius 3 is 2.87 bits per heavy atom. The van der Waals surface area contributed by atoms with Crippen molar-refractivity contribution >= 4 is 21.8 Å². The van der Waals surface area contributed by atoms with Crippen LogP contribution in [0.5, 0.6) is 0 Å². The van der Waals surface area contributed by atoms with Gasteiger partial charge in [-0.2, -0.15) is 0 Å². The zero-order valence-electron chi connectivity index (χ0n) is 17.4. The number of rotatable bonds is 5. The van der Waals surface area contributed by atoms with E-state index in [9.17, 15) is 4.79 Å². The van der Waals surface area contributed by atoms with Gasteiger partial charge in [0.2, 0.25) is 0 Å². The maximum atomic E-state index is 12.2. The molecule has 2 aromatic heterocycles. The first-order valence-electron chi connectivity index (χ1n) is 10.7. The summed E-state index contributed by atoms with van der Waals surface area (Å²) >= 11 is 3.65. The van der Waals surface area contributed by atoms with Crippen molar-refractivity contribution in [3.63, 3.8) is 0 Å². The van der Waals surface area contributed by atoms with Crippen molar-refractivity contribution in [2.45, 2.75) is 31.7 Å². The van der Waals surface area contributed by atoms with E-state index < -0.39 is 0 Å². The van der Waals surface area contributed by atoms with Gasteiger partial charge in [-0.05, 0) is 56.5 Å². The maximum absolute atomic E-state index is 12.2.